The van der Waals surface area contributed by atoms with Crippen LogP contribution in [0.1, 0.15) is 4.88 Å². The van der Waals surface area contributed by atoms with Gasteiger partial charge in [-0.2, -0.15) is 0 Å². The summed E-state index contributed by atoms with van der Waals surface area (Å²) in [5, 5.41) is 5.05. The monoisotopic (exact) mass is 419 g/mol. The van der Waals surface area contributed by atoms with Crippen LogP contribution in [0.4, 0.5) is 17.1 Å². The minimum atomic E-state index is -0.380. The number of methoxy groups -OCH3 is 1. The van der Waals surface area contributed by atoms with Crippen LogP contribution in [0.5, 0.6) is 5.75 Å². The van der Waals surface area contributed by atoms with Crippen LogP contribution in [0, 0.1) is 0 Å². The lowest BCUT2D eigenvalue weighted by atomic mass is 10.2. The smallest absolute Gasteiger partial charge is 0.282 e. The van der Waals surface area contributed by atoms with Crippen molar-refractivity contribution in [1.29, 1.82) is 0 Å². The summed E-state index contributed by atoms with van der Waals surface area (Å²) >= 11 is 1.43. The highest BCUT2D eigenvalue weighted by Crippen LogP contribution is 2.36. The minimum absolute atomic E-state index is 0.267. The largest absolute Gasteiger partial charge is 0.497 e. The van der Waals surface area contributed by atoms with Crippen molar-refractivity contribution >= 4 is 45.8 Å². The number of thiophene rings is 1. The number of nitrogens with one attached hydrogen (secondary N) is 1. The Bertz CT molecular complexity index is 1120. The fourth-order valence-corrected chi connectivity index (χ4v) is 4.03. The van der Waals surface area contributed by atoms with Crippen LogP contribution in [-0.2, 0) is 9.59 Å². The summed E-state index contributed by atoms with van der Waals surface area (Å²) in [5.74, 6) is -0.00606. The van der Waals surface area contributed by atoms with Crippen LogP contribution in [0.25, 0.3) is 5.57 Å². The van der Waals surface area contributed by atoms with E-state index in [0.29, 0.717) is 22.7 Å². The molecule has 1 aromatic heterocycles. The number of carbonyl (C=O) groups is 2. The number of ether oxygens (including phenoxy) is 1. The highest BCUT2D eigenvalue weighted by atomic mass is 32.1. The van der Waals surface area contributed by atoms with Gasteiger partial charge >= 0.3 is 0 Å². The van der Waals surface area contributed by atoms with Crippen LogP contribution >= 0.6 is 11.3 Å². The van der Waals surface area contributed by atoms with E-state index in [4.69, 9.17) is 4.74 Å². The molecule has 2 aromatic carbocycles. The molecule has 0 saturated carbocycles. The predicted octanol–water partition coefficient (Wildman–Crippen LogP) is 4.22. The number of rotatable bonds is 6. The van der Waals surface area contributed by atoms with Gasteiger partial charge in [-0.1, -0.05) is 12.1 Å². The zero-order valence-corrected chi connectivity index (χ0v) is 17.7. The first-order chi connectivity index (χ1) is 14.5. The third-order valence-corrected chi connectivity index (χ3v) is 5.70. The summed E-state index contributed by atoms with van der Waals surface area (Å²) in [6.45, 7) is 0. The van der Waals surface area contributed by atoms with E-state index < -0.39 is 0 Å². The molecule has 6 nitrogen and oxygen atoms in total. The molecule has 4 rings (SSSR count). The molecule has 0 atom stereocenters. The SMILES string of the molecule is COc1ccc(NC2=C(c3cccs3)C(=O)N(c3cccc(N(C)C)c3)C2=O)cc1. The lowest BCUT2D eigenvalue weighted by molar-refractivity contribution is -0.120. The van der Waals surface area contributed by atoms with E-state index in [0.717, 1.165) is 10.6 Å². The van der Waals surface area contributed by atoms with Gasteiger partial charge in [0.1, 0.15) is 11.4 Å². The highest BCUT2D eigenvalue weighted by molar-refractivity contribution is 7.11. The Labute approximate surface area is 179 Å². The van der Waals surface area contributed by atoms with E-state index in [1.54, 1.807) is 25.3 Å². The van der Waals surface area contributed by atoms with Crippen molar-refractivity contribution in [3.05, 3.63) is 76.6 Å². The molecule has 0 spiro atoms. The van der Waals surface area contributed by atoms with Crippen LogP contribution in [0.3, 0.4) is 0 Å². The number of carbonyl (C=O) groups excluding carboxylic acids is 2. The quantitative estimate of drug-likeness (QED) is 0.606. The Hall–Kier alpha value is -3.58. The number of amides is 2. The Kier molecular flexibility index (Phi) is 5.29. The van der Waals surface area contributed by atoms with Gasteiger partial charge in [-0.15, -0.1) is 11.3 Å². The molecule has 2 amide bonds. The predicted molar refractivity (Wildman–Crippen MR) is 121 cm³/mol. The average Bonchev–Trinajstić information content (AvgIpc) is 3.35. The number of nitrogens with zero attached hydrogens (tertiary/aromatic N) is 2. The summed E-state index contributed by atoms with van der Waals surface area (Å²) < 4.78 is 5.19. The molecule has 1 N–H and O–H groups in total. The van der Waals surface area contributed by atoms with E-state index in [1.165, 1.54) is 16.2 Å². The van der Waals surface area contributed by atoms with E-state index in [9.17, 15) is 9.59 Å². The first-order valence-corrected chi connectivity index (χ1v) is 10.2. The molecular formula is C23H21N3O3S. The summed E-state index contributed by atoms with van der Waals surface area (Å²) in [4.78, 5) is 30.7. The molecule has 7 heteroatoms. The molecule has 0 saturated heterocycles. The van der Waals surface area contributed by atoms with Crippen molar-refractivity contribution in [2.24, 2.45) is 0 Å². The number of imide groups is 1. The molecule has 0 bridgehead atoms. The number of hydrogen-bond donors (Lipinski definition) is 1. The fourth-order valence-electron chi connectivity index (χ4n) is 3.26. The topological polar surface area (TPSA) is 61.9 Å². The van der Waals surface area contributed by atoms with Crippen molar-refractivity contribution < 1.29 is 14.3 Å². The third kappa shape index (κ3) is 3.55. The van der Waals surface area contributed by atoms with E-state index in [-0.39, 0.29) is 17.5 Å². The second kappa shape index (κ2) is 8.04. The Morgan fingerprint density at radius 1 is 0.967 bits per heavy atom. The molecule has 1 aliphatic heterocycles. The molecule has 0 aliphatic carbocycles. The van der Waals surface area contributed by atoms with E-state index >= 15 is 0 Å². The van der Waals surface area contributed by atoms with Gasteiger partial charge in [0.05, 0.1) is 18.4 Å². The Balaban J connectivity index is 1.75. The maximum atomic E-state index is 13.4. The standard InChI is InChI=1S/C23H21N3O3S/c1-25(2)16-6-4-7-17(14-16)26-22(27)20(19-8-5-13-30-19)21(23(26)28)24-15-9-11-18(29-3)12-10-15/h4-14,24H,1-3H3. The van der Waals surface area contributed by atoms with Crippen molar-refractivity contribution in [2.45, 2.75) is 0 Å². The van der Waals surface area contributed by atoms with Gasteiger partial charge in [0.15, 0.2) is 0 Å². The average molecular weight is 420 g/mol. The van der Waals surface area contributed by atoms with E-state index in [2.05, 4.69) is 5.32 Å². The molecule has 152 valence electrons. The zero-order chi connectivity index (χ0) is 21.3. The normalized spacial score (nSPS) is 13.8. The first-order valence-electron chi connectivity index (χ1n) is 9.35. The maximum Gasteiger partial charge on any atom is 0.282 e. The second-order valence-electron chi connectivity index (χ2n) is 6.94. The van der Waals surface area contributed by atoms with Crippen molar-refractivity contribution in [3.63, 3.8) is 0 Å². The number of anilines is 3. The number of hydrogen-bond acceptors (Lipinski definition) is 6. The maximum absolute atomic E-state index is 13.4. The van der Waals surface area contributed by atoms with Gasteiger partial charge in [-0.3, -0.25) is 9.59 Å². The van der Waals surface area contributed by atoms with Gasteiger partial charge in [-0.25, -0.2) is 4.90 Å². The van der Waals surface area contributed by atoms with Gasteiger partial charge < -0.3 is 15.0 Å². The zero-order valence-electron chi connectivity index (χ0n) is 16.9. The Morgan fingerprint density at radius 3 is 2.37 bits per heavy atom. The molecule has 30 heavy (non-hydrogen) atoms. The minimum Gasteiger partial charge on any atom is -0.497 e. The van der Waals surface area contributed by atoms with Crippen LogP contribution < -0.4 is 19.9 Å². The van der Waals surface area contributed by atoms with Crippen LogP contribution in [0.15, 0.2) is 71.7 Å². The highest BCUT2D eigenvalue weighted by Gasteiger charge is 2.40. The molecule has 3 aromatic rings. The Morgan fingerprint density at radius 2 is 1.73 bits per heavy atom. The second-order valence-corrected chi connectivity index (χ2v) is 7.89. The first kappa shape index (κ1) is 19.7. The van der Waals surface area contributed by atoms with Crippen molar-refractivity contribution in [2.75, 3.05) is 36.3 Å². The summed E-state index contributed by atoms with van der Waals surface area (Å²) in [5.41, 5.74) is 2.79. The van der Waals surface area contributed by atoms with E-state index in [1.807, 2.05) is 66.8 Å². The van der Waals surface area contributed by atoms with Gasteiger partial charge in [0.25, 0.3) is 11.8 Å². The molecule has 0 radical (unpaired) electrons. The molecule has 1 aliphatic rings. The fraction of sp³-hybridized carbons (Fsp3) is 0.130. The van der Waals surface area contributed by atoms with Crippen molar-refractivity contribution in [3.8, 4) is 5.75 Å². The molecule has 0 unspecified atom stereocenters. The van der Waals surface area contributed by atoms with Crippen LogP contribution in [-0.4, -0.2) is 33.0 Å². The summed E-state index contributed by atoms with van der Waals surface area (Å²) in [6, 6.07) is 18.3. The molecule has 2 heterocycles. The van der Waals surface area contributed by atoms with Gasteiger partial charge in [-0.05, 0) is 53.9 Å². The third-order valence-electron chi connectivity index (χ3n) is 4.82. The van der Waals surface area contributed by atoms with Crippen LogP contribution in [0.2, 0.25) is 0 Å². The summed E-state index contributed by atoms with van der Waals surface area (Å²) in [7, 11) is 5.43. The van der Waals surface area contributed by atoms with Gasteiger partial charge in [0, 0.05) is 30.3 Å². The lowest BCUT2D eigenvalue weighted by Crippen LogP contribution is -2.32. The number of benzene rings is 2. The van der Waals surface area contributed by atoms with Crippen molar-refractivity contribution in [1.82, 2.24) is 0 Å². The van der Waals surface area contributed by atoms with Gasteiger partial charge in [0.2, 0.25) is 0 Å². The summed E-state index contributed by atoms with van der Waals surface area (Å²) in [6.07, 6.45) is 0. The molecular weight excluding hydrogens is 398 g/mol. The molecule has 0 fully saturated rings. The lowest BCUT2D eigenvalue weighted by Gasteiger charge is -2.19.